The summed E-state index contributed by atoms with van der Waals surface area (Å²) in [5.41, 5.74) is 6.31. The Balaban J connectivity index is 2.20. The second-order valence-electron chi connectivity index (χ2n) is 6.77. The highest BCUT2D eigenvalue weighted by Gasteiger charge is 2.12. The van der Waals surface area contributed by atoms with Crippen molar-refractivity contribution in [2.24, 2.45) is 0 Å². The van der Waals surface area contributed by atoms with Crippen molar-refractivity contribution < 1.29 is 10.0 Å². The van der Waals surface area contributed by atoms with Gasteiger partial charge in [-0.15, -0.1) is 5.54 Å². The van der Waals surface area contributed by atoms with E-state index in [0.29, 0.717) is 12.1 Å². The summed E-state index contributed by atoms with van der Waals surface area (Å²) in [7, 11) is -1.46. The number of anilines is 1. The molecule has 0 aliphatic heterocycles. The third-order valence-electron chi connectivity index (χ3n) is 3.52. The fourth-order valence-electron chi connectivity index (χ4n) is 2.26. The van der Waals surface area contributed by atoms with Crippen molar-refractivity contribution in [3.8, 4) is 11.5 Å². The van der Waals surface area contributed by atoms with Gasteiger partial charge in [-0.3, -0.25) is 10.1 Å². The van der Waals surface area contributed by atoms with Crippen molar-refractivity contribution in [2.45, 2.75) is 32.8 Å². The molecule has 0 aliphatic carbocycles. The van der Waals surface area contributed by atoms with Crippen LogP contribution in [0.4, 0.5) is 11.4 Å². The molecular formula is C19H22N2O3Si. The second kappa shape index (κ2) is 7.97. The Morgan fingerprint density at radius 1 is 1.16 bits per heavy atom. The van der Waals surface area contributed by atoms with Gasteiger partial charge in [-0.2, -0.15) is 0 Å². The summed E-state index contributed by atoms with van der Waals surface area (Å²) in [6.45, 7) is 6.71. The molecule has 0 amide bonds. The first-order chi connectivity index (χ1) is 11.8. The van der Waals surface area contributed by atoms with Gasteiger partial charge in [0.15, 0.2) is 0 Å². The van der Waals surface area contributed by atoms with E-state index in [-0.39, 0.29) is 17.2 Å². The molecule has 25 heavy (non-hydrogen) atoms. The lowest BCUT2D eigenvalue weighted by Crippen LogP contribution is -2.16. The Morgan fingerprint density at radius 2 is 1.88 bits per heavy atom. The Labute approximate surface area is 148 Å². The number of hydrogen-bond acceptors (Lipinski definition) is 4. The molecule has 2 rings (SSSR count). The van der Waals surface area contributed by atoms with Crippen molar-refractivity contribution in [2.75, 3.05) is 5.32 Å². The maximum atomic E-state index is 11.1. The lowest BCUT2D eigenvalue weighted by molar-refractivity contribution is -0.385. The molecule has 0 bridgehead atoms. The SMILES string of the molecule is C[Si](C)(C)C#Cc1ccc(NCc2ccccc2[N+](=O)[O-])c(CO)c1. The number of rotatable bonds is 5. The van der Waals surface area contributed by atoms with Crippen LogP contribution in [0.5, 0.6) is 0 Å². The maximum Gasteiger partial charge on any atom is 0.274 e. The van der Waals surface area contributed by atoms with Crippen LogP contribution in [-0.2, 0) is 13.2 Å². The molecule has 0 aromatic heterocycles. The van der Waals surface area contributed by atoms with Gasteiger partial charge in [0, 0.05) is 35.0 Å². The van der Waals surface area contributed by atoms with E-state index < -0.39 is 8.07 Å². The van der Waals surface area contributed by atoms with Crippen LogP contribution in [0.3, 0.4) is 0 Å². The summed E-state index contributed by atoms with van der Waals surface area (Å²) < 4.78 is 0. The van der Waals surface area contributed by atoms with Crippen LogP contribution in [-0.4, -0.2) is 18.1 Å². The van der Waals surface area contributed by atoms with Gasteiger partial charge in [0.2, 0.25) is 0 Å². The molecule has 2 aromatic carbocycles. The number of para-hydroxylation sites is 1. The van der Waals surface area contributed by atoms with Crippen LogP contribution in [0.2, 0.25) is 19.6 Å². The van der Waals surface area contributed by atoms with Gasteiger partial charge in [-0.05, 0) is 18.2 Å². The predicted octanol–water partition coefficient (Wildman–Crippen LogP) is 3.93. The molecule has 130 valence electrons. The fraction of sp³-hybridized carbons (Fsp3) is 0.263. The molecule has 0 heterocycles. The van der Waals surface area contributed by atoms with Crippen LogP contribution >= 0.6 is 0 Å². The lowest BCUT2D eigenvalue weighted by Gasteiger charge is -2.12. The molecule has 0 atom stereocenters. The summed E-state index contributed by atoms with van der Waals surface area (Å²) in [6, 6.07) is 12.2. The number of hydrogen-bond donors (Lipinski definition) is 2. The van der Waals surface area contributed by atoms with E-state index in [2.05, 4.69) is 36.4 Å². The van der Waals surface area contributed by atoms with E-state index in [1.807, 2.05) is 18.2 Å². The smallest absolute Gasteiger partial charge is 0.274 e. The monoisotopic (exact) mass is 354 g/mol. The summed E-state index contributed by atoms with van der Waals surface area (Å²) in [6.07, 6.45) is 0. The van der Waals surface area contributed by atoms with E-state index in [1.54, 1.807) is 18.2 Å². The minimum absolute atomic E-state index is 0.0816. The molecule has 0 spiro atoms. The number of nitrogens with zero attached hydrogens (tertiary/aromatic N) is 1. The van der Waals surface area contributed by atoms with Crippen LogP contribution in [0.15, 0.2) is 42.5 Å². The molecule has 5 nitrogen and oxygen atoms in total. The molecule has 0 fully saturated rings. The molecule has 2 N–H and O–H groups in total. The molecule has 6 heteroatoms. The molecule has 2 aromatic rings. The summed E-state index contributed by atoms with van der Waals surface area (Å²) in [5, 5.41) is 23.9. The summed E-state index contributed by atoms with van der Waals surface area (Å²) in [5.74, 6) is 3.17. The Morgan fingerprint density at radius 3 is 2.52 bits per heavy atom. The second-order valence-corrected chi connectivity index (χ2v) is 11.5. The largest absolute Gasteiger partial charge is 0.392 e. The van der Waals surface area contributed by atoms with Crippen molar-refractivity contribution in [1.29, 1.82) is 0 Å². The zero-order valence-corrected chi connectivity index (χ0v) is 15.7. The third kappa shape index (κ3) is 5.45. The van der Waals surface area contributed by atoms with E-state index in [1.165, 1.54) is 6.07 Å². The minimum atomic E-state index is -1.46. The highest BCUT2D eigenvalue weighted by atomic mass is 28.3. The van der Waals surface area contributed by atoms with Crippen LogP contribution < -0.4 is 5.32 Å². The quantitative estimate of drug-likeness (QED) is 0.369. The fourth-order valence-corrected chi connectivity index (χ4v) is 2.78. The molecule has 0 unspecified atom stereocenters. The average molecular weight is 354 g/mol. The third-order valence-corrected chi connectivity index (χ3v) is 4.39. The number of nitro benzene ring substituents is 1. The topological polar surface area (TPSA) is 75.4 Å². The van der Waals surface area contributed by atoms with Crippen LogP contribution in [0.1, 0.15) is 16.7 Å². The Hall–Kier alpha value is -2.62. The normalized spacial score (nSPS) is 10.7. The van der Waals surface area contributed by atoms with Gasteiger partial charge in [-0.25, -0.2) is 0 Å². The maximum absolute atomic E-state index is 11.1. The first-order valence-corrected chi connectivity index (χ1v) is 11.5. The molecular weight excluding hydrogens is 332 g/mol. The number of aliphatic hydroxyl groups excluding tert-OH is 1. The molecule has 0 saturated heterocycles. The Bertz CT molecular complexity index is 833. The van der Waals surface area contributed by atoms with Gasteiger partial charge in [-0.1, -0.05) is 43.8 Å². The first kappa shape index (κ1) is 18.7. The minimum Gasteiger partial charge on any atom is -0.392 e. The van der Waals surface area contributed by atoms with Gasteiger partial charge in [0.05, 0.1) is 11.5 Å². The Kier molecular flexibility index (Phi) is 5.96. The predicted molar refractivity (Wildman–Crippen MR) is 103 cm³/mol. The van der Waals surface area contributed by atoms with Crippen molar-refractivity contribution in [3.05, 3.63) is 69.3 Å². The average Bonchev–Trinajstić information content (AvgIpc) is 2.57. The number of nitrogens with one attached hydrogen (secondary N) is 1. The van der Waals surface area contributed by atoms with Crippen LogP contribution in [0, 0.1) is 21.6 Å². The van der Waals surface area contributed by atoms with Crippen molar-refractivity contribution >= 4 is 19.4 Å². The highest BCUT2D eigenvalue weighted by molar-refractivity contribution is 6.83. The van der Waals surface area contributed by atoms with Gasteiger partial charge in [0.1, 0.15) is 8.07 Å². The molecule has 0 aliphatic rings. The van der Waals surface area contributed by atoms with E-state index in [0.717, 1.165) is 16.8 Å². The van der Waals surface area contributed by atoms with Gasteiger partial charge in [0.25, 0.3) is 5.69 Å². The summed E-state index contributed by atoms with van der Waals surface area (Å²) in [4.78, 5) is 10.7. The standard InChI is InChI=1S/C19H22N2O3Si/c1-25(2,3)11-10-15-8-9-18(17(12-15)14-22)20-13-16-6-4-5-7-19(16)21(23)24/h4-9,12,20,22H,13-14H2,1-3H3. The van der Waals surface area contributed by atoms with E-state index in [9.17, 15) is 15.2 Å². The first-order valence-electron chi connectivity index (χ1n) is 8.03. The van der Waals surface area contributed by atoms with E-state index >= 15 is 0 Å². The number of nitro groups is 1. The van der Waals surface area contributed by atoms with E-state index in [4.69, 9.17) is 0 Å². The van der Waals surface area contributed by atoms with Gasteiger partial charge < -0.3 is 10.4 Å². The zero-order chi connectivity index (χ0) is 18.4. The van der Waals surface area contributed by atoms with Gasteiger partial charge >= 0.3 is 0 Å². The molecule has 0 saturated carbocycles. The number of benzene rings is 2. The summed E-state index contributed by atoms with van der Waals surface area (Å²) >= 11 is 0. The molecule has 0 radical (unpaired) electrons. The number of aliphatic hydroxyl groups is 1. The zero-order valence-electron chi connectivity index (χ0n) is 14.7. The van der Waals surface area contributed by atoms with Crippen molar-refractivity contribution in [3.63, 3.8) is 0 Å². The lowest BCUT2D eigenvalue weighted by atomic mass is 10.1. The van der Waals surface area contributed by atoms with Crippen molar-refractivity contribution in [1.82, 2.24) is 0 Å². The highest BCUT2D eigenvalue weighted by Crippen LogP contribution is 2.22. The van der Waals surface area contributed by atoms with Crippen LogP contribution in [0.25, 0.3) is 0 Å².